The van der Waals surface area contributed by atoms with Crippen LogP contribution in [0.15, 0.2) is 4.52 Å². The van der Waals surface area contributed by atoms with Crippen molar-refractivity contribution in [2.75, 3.05) is 13.7 Å². The minimum Gasteiger partial charge on any atom is -0.383 e. The summed E-state index contributed by atoms with van der Waals surface area (Å²) in [5.74, 6) is 1.28. The largest absolute Gasteiger partial charge is 0.383 e. The van der Waals surface area contributed by atoms with Gasteiger partial charge in [0.1, 0.15) is 12.1 Å². The fraction of sp³-hybridized carbons (Fsp3) is 0.786. The highest BCUT2D eigenvalue weighted by atomic mass is 16.5. The molecule has 1 saturated carbocycles. The van der Waals surface area contributed by atoms with E-state index in [1.807, 2.05) is 0 Å². The lowest BCUT2D eigenvalue weighted by Gasteiger charge is -2.17. The number of amides is 1. The molecule has 1 aliphatic rings. The van der Waals surface area contributed by atoms with Crippen LogP contribution in [0.2, 0.25) is 0 Å². The Labute approximate surface area is 124 Å². The van der Waals surface area contributed by atoms with Gasteiger partial charge in [0.25, 0.3) is 0 Å². The van der Waals surface area contributed by atoms with Crippen LogP contribution < -0.4 is 11.1 Å². The van der Waals surface area contributed by atoms with Crippen LogP contribution in [0.3, 0.4) is 0 Å². The lowest BCUT2D eigenvalue weighted by Crippen LogP contribution is -2.44. The third-order valence-corrected chi connectivity index (χ3v) is 3.84. The van der Waals surface area contributed by atoms with Gasteiger partial charge in [-0.3, -0.25) is 4.79 Å². The number of methoxy groups -OCH3 is 1. The molecule has 1 aromatic heterocycles. The Morgan fingerprint density at radius 1 is 1.48 bits per heavy atom. The van der Waals surface area contributed by atoms with E-state index in [0.717, 1.165) is 18.7 Å². The zero-order chi connectivity index (χ0) is 15.2. The van der Waals surface area contributed by atoms with Gasteiger partial charge in [-0.2, -0.15) is 4.98 Å². The highest BCUT2D eigenvalue weighted by Gasteiger charge is 2.24. The summed E-state index contributed by atoms with van der Waals surface area (Å²) < 4.78 is 10.1. The first-order valence-electron chi connectivity index (χ1n) is 7.50. The molecular weight excluding hydrogens is 272 g/mol. The second-order valence-corrected chi connectivity index (χ2v) is 5.62. The summed E-state index contributed by atoms with van der Waals surface area (Å²) in [7, 11) is 1.50. The van der Waals surface area contributed by atoms with E-state index < -0.39 is 6.04 Å². The summed E-state index contributed by atoms with van der Waals surface area (Å²) >= 11 is 0. The van der Waals surface area contributed by atoms with Crippen LogP contribution in [0.1, 0.15) is 62.7 Å². The maximum absolute atomic E-state index is 11.8. The summed E-state index contributed by atoms with van der Waals surface area (Å²) in [6.07, 6.45) is 5.93. The third-order valence-electron chi connectivity index (χ3n) is 3.84. The molecule has 1 aliphatic carbocycles. The number of nitrogens with one attached hydrogen (secondary N) is 1. The van der Waals surface area contributed by atoms with Crippen LogP contribution in [0.25, 0.3) is 0 Å². The predicted octanol–water partition coefficient (Wildman–Crippen LogP) is 1.27. The van der Waals surface area contributed by atoms with E-state index in [0.29, 0.717) is 11.8 Å². The number of nitrogens with two attached hydrogens (primary N) is 1. The standard InChI is InChI=1S/C14H24N4O3/c1-9(16-13(19)11(15)8-20-2)14-17-12(18-21-14)10-6-4-3-5-7-10/h9-11H,3-8,15H2,1-2H3,(H,16,19). The Kier molecular flexibility index (Phi) is 5.69. The quantitative estimate of drug-likeness (QED) is 0.819. The Hall–Kier alpha value is -1.47. The van der Waals surface area contributed by atoms with E-state index in [1.165, 1.54) is 26.4 Å². The maximum Gasteiger partial charge on any atom is 0.248 e. The first-order valence-corrected chi connectivity index (χ1v) is 7.50. The number of carbonyl (C=O) groups excluding carboxylic acids is 1. The van der Waals surface area contributed by atoms with Crippen LogP contribution >= 0.6 is 0 Å². The van der Waals surface area contributed by atoms with Crippen molar-refractivity contribution in [1.82, 2.24) is 15.5 Å². The summed E-state index contributed by atoms with van der Waals surface area (Å²) in [6.45, 7) is 1.98. The third kappa shape index (κ3) is 4.25. The highest BCUT2D eigenvalue weighted by molar-refractivity contribution is 5.81. The van der Waals surface area contributed by atoms with Gasteiger partial charge < -0.3 is 20.3 Å². The molecule has 2 rings (SSSR count). The maximum atomic E-state index is 11.8. The fourth-order valence-corrected chi connectivity index (χ4v) is 2.59. The van der Waals surface area contributed by atoms with Gasteiger partial charge in [-0.05, 0) is 19.8 Å². The molecule has 2 atom stereocenters. The minimum atomic E-state index is -0.696. The normalized spacial score (nSPS) is 19.2. The molecule has 21 heavy (non-hydrogen) atoms. The zero-order valence-electron chi connectivity index (χ0n) is 12.7. The molecule has 2 unspecified atom stereocenters. The second kappa shape index (κ2) is 7.51. The Morgan fingerprint density at radius 2 is 2.19 bits per heavy atom. The molecular formula is C14H24N4O3. The molecule has 0 bridgehead atoms. The predicted molar refractivity (Wildman–Crippen MR) is 76.5 cm³/mol. The molecule has 118 valence electrons. The summed E-state index contributed by atoms with van der Waals surface area (Å²) in [5, 5.41) is 6.81. The lowest BCUT2D eigenvalue weighted by atomic mass is 9.89. The number of nitrogens with zero attached hydrogens (tertiary/aromatic N) is 2. The van der Waals surface area contributed by atoms with E-state index >= 15 is 0 Å². The van der Waals surface area contributed by atoms with Crippen molar-refractivity contribution >= 4 is 5.91 Å². The first kappa shape index (κ1) is 15.9. The zero-order valence-corrected chi connectivity index (χ0v) is 12.7. The average molecular weight is 296 g/mol. The lowest BCUT2D eigenvalue weighted by molar-refractivity contribution is -0.124. The molecule has 0 radical (unpaired) electrons. The monoisotopic (exact) mass is 296 g/mol. The Balaban J connectivity index is 1.92. The van der Waals surface area contributed by atoms with Crippen molar-refractivity contribution in [3.8, 4) is 0 Å². The van der Waals surface area contributed by atoms with Gasteiger partial charge in [-0.1, -0.05) is 24.4 Å². The van der Waals surface area contributed by atoms with Crippen LogP contribution in [-0.2, 0) is 9.53 Å². The van der Waals surface area contributed by atoms with Gasteiger partial charge in [-0.25, -0.2) is 0 Å². The van der Waals surface area contributed by atoms with Crippen molar-refractivity contribution in [2.24, 2.45) is 5.73 Å². The molecule has 0 saturated heterocycles. The molecule has 1 heterocycles. The first-order chi connectivity index (χ1) is 10.1. The molecule has 0 spiro atoms. The molecule has 1 fully saturated rings. The van der Waals surface area contributed by atoms with E-state index in [9.17, 15) is 4.79 Å². The molecule has 1 amide bonds. The Bertz CT molecular complexity index is 457. The molecule has 7 heteroatoms. The van der Waals surface area contributed by atoms with Crippen LogP contribution in [-0.4, -0.2) is 35.8 Å². The SMILES string of the molecule is COCC(N)C(=O)NC(C)c1nc(C2CCCCC2)no1. The van der Waals surface area contributed by atoms with Gasteiger partial charge in [0.15, 0.2) is 5.82 Å². The Morgan fingerprint density at radius 3 is 2.86 bits per heavy atom. The topological polar surface area (TPSA) is 103 Å². The fourth-order valence-electron chi connectivity index (χ4n) is 2.59. The van der Waals surface area contributed by atoms with E-state index in [2.05, 4.69) is 15.5 Å². The second-order valence-electron chi connectivity index (χ2n) is 5.62. The number of rotatable bonds is 6. The highest BCUT2D eigenvalue weighted by Crippen LogP contribution is 2.31. The van der Waals surface area contributed by atoms with Crippen LogP contribution in [0.4, 0.5) is 0 Å². The summed E-state index contributed by atoms with van der Waals surface area (Å²) in [6, 6.07) is -1.05. The number of aromatic nitrogens is 2. The van der Waals surface area contributed by atoms with E-state index in [-0.39, 0.29) is 18.6 Å². The van der Waals surface area contributed by atoms with Crippen LogP contribution in [0.5, 0.6) is 0 Å². The van der Waals surface area contributed by atoms with Crippen molar-refractivity contribution < 1.29 is 14.1 Å². The molecule has 3 N–H and O–H groups in total. The number of hydrogen-bond acceptors (Lipinski definition) is 6. The summed E-state index contributed by atoms with van der Waals surface area (Å²) in [4.78, 5) is 16.2. The van der Waals surface area contributed by atoms with Gasteiger partial charge in [0, 0.05) is 13.0 Å². The summed E-state index contributed by atoms with van der Waals surface area (Å²) in [5.41, 5.74) is 5.67. The number of hydrogen-bond donors (Lipinski definition) is 2. The van der Waals surface area contributed by atoms with Crippen molar-refractivity contribution in [2.45, 2.75) is 57.0 Å². The van der Waals surface area contributed by atoms with Gasteiger partial charge in [-0.15, -0.1) is 0 Å². The van der Waals surface area contributed by atoms with Crippen molar-refractivity contribution in [3.05, 3.63) is 11.7 Å². The number of carbonyl (C=O) groups is 1. The van der Waals surface area contributed by atoms with E-state index in [1.54, 1.807) is 6.92 Å². The smallest absolute Gasteiger partial charge is 0.248 e. The molecule has 7 nitrogen and oxygen atoms in total. The van der Waals surface area contributed by atoms with Gasteiger partial charge in [0.2, 0.25) is 11.8 Å². The minimum absolute atomic E-state index is 0.176. The molecule has 0 aromatic carbocycles. The molecule has 1 aromatic rings. The van der Waals surface area contributed by atoms with E-state index in [4.69, 9.17) is 15.0 Å². The van der Waals surface area contributed by atoms with Crippen molar-refractivity contribution in [1.29, 1.82) is 0 Å². The average Bonchev–Trinajstić information content (AvgIpc) is 2.98. The van der Waals surface area contributed by atoms with Gasteiger partial charge in [0.05, 0.1) is 6.61 Å². The number of ether oxygens (including phenoxy) is 1. The van der Waals surface area contributed by atoms with Crippen LogP contribution in [0, 0.1) is 0 Å². The van der Waals surface area contributed by atoms with Crippen molar-refractivity contribution in [3.63, 3.8) is 0 Å². The van der Waals surface area contributed by atoms with Gasteiger partial charge >= 0.3 is 0 Å². The molecule has 0 aliphatic heterocycles.